The number of aryl methyl sites for hydroxylation is 1. The summed E-state index contributed by atoms with van der Waals surface area (Å²) in [6, 6.07) is 18.5. The van der Waals surface area contributed by atoms with Gasteiger partial charge < -0.3 is 9.73 Å². The molecule has 0 saturated carbocycles. The summed E-state index contributed by atoms with van der Waals surface area (Å²) in [6.07, 6.45) is 0. The van der Waals surface area contributed by atoms with Crippen molar-refractivity contribution in [2.24, 2.45) is 0 Å². The van der Waals surface area contributed by atoms with E-state index in [0.29, 0.717) is 27.6 Å². The number of nitrogens with one attached hydrogen (secondary N) is 1. The van der Waals surface area contributed by atoms with Crippen molar-refractivity contribution in [2.45, 2.75) is 13.8 Å². The third-order valence-corrected chi connectivity index (χ3v) is 4.71. The number of hydrogen-bond acceptors (Lipinski definition) is 3. The lowest BCUT2D eigenvalue weighted by atomic mass is 10.1. The SMILES string of the molecule is Cc1ccc(C(=O)Nc2cccc(-c3nc4cc(Cl)ccc4o3)c2C)cc1. The quantitative estimate of drug-likeness (QED) is 0.475. The van der Waals surface area contributed by atoms with Gasteiger partial charge in [-0.2, -0.15) is 0 Å². The molecule has 0 aliphatic carbocycles. The van der Waals surface area contributed by atoms with Crippen molar-refractivity contribution in [3.63, 3.8) is 0 Å². The first-order valence-corrected chi connectivity index (χ1v) is 8.93. The number of oxazole rings is 1. The van der Waals surface area contributed by atoms with Gasteiger partial charge in [0.05, 0.1) is 0 Å². The first-order valence-electron chi connectivity index (χ1n) is 8.55. The predicted octanol–water partition coefficient (Wildman–Crippen LogP) is 6.02. The number of aromatic nitrogens is 1. The van der Waals surface area contributed by atoms with E-state index < -0.39 is 0 Å². The fourth-order valence-electron chi connectivity index (χ4n) is 2.92. The predicted molar refractivity (Wildman–Crippen MR) is 108 cm³/mol. The number of rotatable bonds is 3. The van der Waals surface area contributed by atoms with Gasteiger partial charge in [-0.1, -0.05) is 35.4 Å². The van der Waals surface area contributed by atoms with Gasteiger partial charge in [0, 0.05) is 21.8 Å². The van der Waals surface area contributed by atoms with Crippen LogP contribution in [0.3, 0.4) is 0 Å². The van der Waals surface area contributed by atoms with Crippen LogP contribution in [-0.4, -0.2) is 10.9 Å². The number of fused-ring (bicyclic) bond motifs is 1. The Hall–Kier alpha value is -3.11. The number of carbonyl (C=O) groups is 1. The average Bonchev–Trinajstić information content (AvgIpc) is 3.06. The molecule has 4 aromatic rings. The van der Waals surface area contributed by atoms with Crippen molar-refractivity contribution < 1.29 is 9.21 Å². The van der Waals surface area contributed by atoms with E-state index in [1.165, 1.54) is 0 Å². The van der Waals surface area contributed by atoms with E-state index in [1.54, 1.807) is 18.2 Å². The van der Waals surface area contributed by atoms with Gasteiger partial charge in [0.25, 0.3) is 5.91 Å². The monoisotopic (exact) mass is 376 g/mol. The Morgan fingerprint density at radius 1 is 1.04 bits per heavy atom. The van der Waals surface area contributed by atoms with Crippen LogP contribution in [0.25, 0.3) is 22.6 Å². The molecule has 0 spiro atoms. The van der Waals surface area contributed by atoms with Crippen LogP contribution >= 0.6 is 11.6 Å². The number of benzene rings is 3. The zero-order chi connectivity index (χ0) is 19.0. The van der Waals surface area contributed by atoms with Crippen molar-refractivity contribution in [3.05, 3.63) is 82.4 Å². The summed E-state index contributed by atoms with van der Waals surface area (Å²) in [5.74, 6) is 0.343. The standard InChI is InChI=1S/C22H17ClN2O2/c1-13-6-8-15(9-7-13)21(26)24-18-5-3-4-17(14(18)2)22-25-19-12-16(23)10-11-20(19)27-22/h3-12H,1-2H3,(H,24,26). The minimum absolute atomic E-state index is 0.153. The number of halogens is 1. The fraction of sp³-hybridized carbons (Fsp3) is 0.0909. The third-order valence-electron chi connectivity index (χ3n) is 4.48. The first-order chi connectivity index (χ1) is 13.0. The Balaban J connectivity index is 1.67. The fourth-order valence-corrected chi connectivity index (χ4v) is 3.08. The van der Waals surface area contributed by atoms with E-state index in [2.05, 4.69) is 10.3 Å². The third kappa shape index (κ3) is 3.44. The van der Waals surface area contributed by atoms with Crippen LogP contribution in [-0.2, 0) is 0 Å². The Morgan fingerprint density at radius 3 is 2.59 bits per heavy atom. The Morgan fingerprint density at radius 2 is 1.81 bits per heavy atom. The molecule has 0 unspecified atom stereocenters. The van der Waals surface area contributed by atoms with Crippen molar-refractivity contribution in [1.29, 1.82) is 0 Å². The molecule has 0 aliphatic heterocycles. The van der Waals surface area contributed by atoms with E-state index in [4.69, 9.17) is 16.0 Å². The molecule has 0 radical (unpaired) electrons. The van der Waals surface area contributed by atoms with Crippen LogP contribution in [0, 0.1) is 13.8 Å². The minimum Gasteiger partial charge on any atom is -0.436 e. The van der Waals surface area contributed by atoms with Crippen LogP contribution in [0.4, 0.5) is 5.69 Å². The van der Waals surface area contributed by atoms with Gasteiger partial charge in [-0.15, -0.1) is 0 Å². The number of anilines is 1. The maximum atomic E-state index is 12.5. The summed E-state index contributed by atoms with van der Waals surface area (Å²) in [5, 5.41) is 3.58. The summed E-state index contributed by atoms with van der Waals surface area (Å²) in [7, 11) is 0. The maximum Gasteiger partial charge on any atom is 0.255 e. The number of carbonyl (C=O) groups excluding carboxylic acids is 1. The molecule has 1 N–H and O–H groups in total. The number of amides is 1. The average molecular weight is 377 g/mol. The summed E-state index contributed by atoms with van der Waals surface area (Å²) in [6.45, 7) is 3.92. The molecule has 1 aromatic heterocycles. The second kappa shape index (κ2) is 6.89. The smallest absolute Gasteiger partial charge is 0.255 e. The van der Waals surface area contributed by atoms with Crippen LogP contribution < -0.4 is 5.32 Å². The van der Waals surface area contributed by atoms with Crippen molar-refractivity contribution >= 4 is 34.3 Å². The largest absolute Gasteiger partial charge is 0.436 e. The summed E-state index contributed by atoms with van der Waals surface area (Å²) < 4.78 is 5.87. The molecule has 4 rings (SSSR count). The van der Waals surface area contributed by atoms with Gasteiger partial charge in [-0.25, -0.2) is 4.98 Å². The molecule has 1 amide bonds. The molecule has 4 nitrogen and oxygen atoms in total. The van der Waals surface area contributed by atoms with Gasteiger partial charge in [0.15, 0.2) is 5.58 Å². The highest BCUT2D eigenvalue weighted by atomic mass is 35.5. The molecular formula is C22H17ClN2O2. The number of hydrogen-bond donors (Lipinski definition) is 1. The Kier molecular flexibility index (Phi) is 4.42. The van der Waals surface area contributed by atoms with Crippen LogP contribution in [0.2, 0.25) is 5.02 Å². The molecular weight excluding hydrogens is 360 g/mol. The molecule has 0 atom stereocenters. The molecule has 1 heterocycles. The van der Waals surface area contributed by atoms with Crippen LogP contribution in [0.15, 0.2) is 65.1 Å². The lowest BCUT2D eigenvalue weighted by Gasteiger charge is -2.11. The molecule has 134 valence electrons. The minimum atomic E-state index is -0.153. The number of nitrogens with zero attached hydrogens (tertiary/aromatic N) is 1. The van der Waals surface area contributed by atoms with E-state index in [1.807, 2.05) is 56.3 Å². The normalized spacial score (nSPS) is 10.9. The highest BCUT2D eigenvalue weighted by molar-refractivity contribution is 6.31. The topological polar surface area (TPSA) is 55.1 Å². The zero-order valence-corrected chi connectivity index (χ0v) is 15.7. The molecule has 5 heteroatoms. The zero-order valence-electron chi connectivity index (χ0n) is 14.9. The molecule has 3 aromatic carbocycles. The highest BCUT2D eigenvalue weighted by Crippen LogP contribution is 2.31. The summed E-state index contributed by atoms with van der Waals surface area (Å²) in [5.41, 5.74) is 5.52. The van der Waals surface area contributed by atoms with Crippen LogP contribution in [0.1, 0.15) is 21.5 Å². The van der Waals surface area contributed by atoms with Gasteiger partial charge in [0.2, 0.25) is 5.89 Å². The van der Waals surface area contributed by atoms with E-state index in [0.717, 1.165) is 22.4 Å². The maximum absolute atomic E-state index is 12.5. The van der Waals surface area contributed by atoms with Gasteiger partial charge in [-0.3, -0.25) is 4.79 Å². The van der Waals surface area contributed by atoms with Crippen LogP contribution in [0.5, 0.6) is 0 Å². The van der Waals surface area contributed by atoms with E-state index >= 15 is 0 Å². The molecule has 0 aliphatic rings. The van der Waals surface area contributed by atoms with E-state index in [-0.39, 0.29) is 5.91 Å². The van der Waals surface area contributed by atoms with E-state index in [9.17, 15) is 4.79 Å². The van der Waals surface area contributed by atoms with Crippen molar-refractivity contribution in [2.75, 3.05) is 5.32 Å². The molecule has 0 saturated heterocycles. The molecule has 0 fully saturated rings. The second-order valence-electron chi connectivity index (χ2n) is 6.43. The first kappa shape index (κ1) is 17.3. The Labute approximate surface area is 161 Å². The Bertz CT molecular complexity index is 1150. The molecule has 27 heavy (non-hydrogen) atoms. The van der Waals surface area contributed by atoms with Gasteiger partial charge in [-0.05, 0) is 61.9 Å². The highest BCUT2D eigenvalue weighted by Gasteiger charge is 2.15. The van der Waals surface area contributed by atoms with Crippen molar-refractivity contribution in [1.82, 2.24) is 4.98 Å². The second-order valence-corrected chi connectivity index (χ2v) is 6.87. The van der Waals surface area contributed by atoms with Crippen molar-refractivity contribution in [3.8, 4) is 11.5 Å². The van der Waals surface area contributed by atoms with Gasteiger partial charge >= 0.3 is 0 Å². The molecule has 0 bridgehead atoms. The van der Waals surface area contributed by atoms with Gasteiger partial charge in [0.1, 0.15) is 5.52 Å². The lowest BCUT2D eigenvalue weighted by Crippen LogP contribution is -2.12. The lowest BCUT2D eigenvalue weighted by molar-refractivity contribution is 0.102. The summed E-state index contributed by atoms with van der Waals surface area (Å²) in [4.78, 5) is 17.1. The summed E-state index contributed by atoms with van der Waals surface area (Å²) >= 11 is 6.03.